The summed E-state index contributed by atoms with van der Waals surface area (Å²) in [6.45, 7) is 7.72. The molecule has 1 aliphatic rings. The van der Waals surface area contributed by atoms with Gasteiger partial charge in [0, 0.05) is 18.6 Å². The molecule has 0 aromatic heterocycles. The third-order valence-corrected chi connectivity index (χ3v) is 2.13. The summed E-state index contributed by atoms with van der Waals surface area (Å²) in [5, 5.41) is 12.2. The van der Waals surface area contributed by atoms with Crippen LogP contribution in [0.25, 0.3) is 0 Å². The molecule has 0 saturated carbocycles. The van der Waals surface area contributed by atoms with Crippen LogP contribution >= 0.6 is 0 Å². The molecule has 82 valence electrons. The molecule has 0 aromatic rings. The Morgan fingerprint density at radius 3 is 2.64 bits per heavy atom. The number of carbonyl (C=O) groups is 1. The molecule has 4 heteroatoms. The topological polar surface area (TPSA) is 52.6 Å². The number of aliphatic hydroxyl groups is 1. The van der Waals surface area contributed by atoms with Crippen LogP contribution in [0.5, 0.6) is 0 Å². The van der Waals surface area contributed by atoms with Gasteiger partial charge in [-0.05, 0) is 27.2 Å². The van der Waals surface area contributed by atoms with Crippen molar-refractivity contribution in [3.63, 3.8) is 0 Å². The second-order valence-electron chi connectivity index (χ2n) is 4.98. The largest absolute Gasteiger partial charge is 0.392 e. The van der Waals surface area contributed by atoms with Gasteiger partial charge in [-0.15, -0.1) is 0 Å². The van der Waals surface area contributed by atoms with E-state index in [0.717, 1.165) is 13.0 Å². The second-order valence-corrected chi connectivity index (χ2v) is 4.98. The Kier molecular flexibility index (Phi) is 3.50. The number of nitrogens with one attached hydrogen (secondary N) is 1. The zero-order chi connectivity index (χ0) is 10.8. The van der Waals surface area contributed by atoms with Crippen LogP contribution in [0, 0.1) is 0 Å². The number of likely N-dealkylation sites (tertiary alicyclic amines) is 1. The van der Waals surface area contributed by atoms with Crippen molar-refractivity contribution < 1.29 is 9.90 Å². The van der Waals surface area contributed by atoms with E-state index < -0.39 is 0 Å². The van der Waals surface area contributed by atoms with Crippen molar-refractivity contribution >= 4 is 5.91 Å². The fourth-order valence-corrected chi connectivity index (χ4v) is 1.62. The van der Waals surface area contributed by atoms with E-state index in [1.165, 1.54) is 0 Å². The molecule has 0 spiro atoms. The summed E-state index contributed by atoms with van der Waals surface area (Å²) >= 11 is 0. The minimum Gasteiger partial charge on any atom is -0.392 e. The smallest absolute Gasteiger partial charge is 0.234 e. The number of nitrogens with zero attached hydrogens (tertiary/aromatic N) is 1. The van der Waals surface area contributed by atoms with Crippen molar-refractivity contribution in [2.45, 2.75) is 38.8 Å². The molecule has 1 atom stereocenters. The quantitative estimate of drug-likeness (QED) is 0.658. The average molecular weight is 200 g/mol. The monoisotopic (exact) mass is 200 g/mol. The SMILES string of the molecule is CC(C)(C)NC(=O)CN1CC[C@H](O)C1. The number of hydrogen-bond acceptors (Lipinski definition) is 3. The first-order valence-corrected chi connectivity index (χ1v) is 5.08. The summed E-state index contributed by atoms with van der Waals surface area (Å²) in [5.41, 5.74) is -0.171. The van der Waals surface area contributed by atoms with Crippen molar-refractivity contribution in [1.82, 2.24) is 10.2 Å². The molecule has 1 rings (SSSR count). The predicted molar refractivity (Wildman–Crippen MR) is 55.0 cm³/mol. The Labute approximate surface area is 85.3 Å². The lowest BCUT2D eigenvalue weighted by atomic mass is 10.1. The fourth-order valence-electron chi connectivity index (χ4n) is 1.62. The molecule has 0 radical (unpaired) electrons. The first-order chi connectivity index (χ1) is 6.37. The Hall–Kier alpha value is -0.610. The van der Waals surface area contributed by atoms with Crippen LogP contribution in [0.1, 0.15) is 27.2 Å². The van der Waals surface area contributed by atoms with E-state index in [9.17, 15) is 9.90 Å². The van der Waals surface area contributed by atoms with Gasteiger partial charge in [0.25, 0.3) is 0 Å². The van der Waals surface area contributed by atoms with Crippen molar-refractivity contribution in [2.24, 2.45) is 0 Å². The summed E-state index contributed by atoms with van der Waals surface area (Å²) in [4.78, 5) is 13.5. The maximum atomic E-state index is 11.5. The predicted octanol–water partition coefficient (Wildman–Crippen LogP) is -0.0323. The maximum absolute atomic E-state index is 11.5. The summed E-state index contributed by atoms with van der Waals surface area (Å²) in [5.74, 6) is 0.0339. The van der Waals surface area contributed by atoms with Crippen LogP contribution in [0.2, 0.25) is 0 Å². The highest BCUT2D eigenvalue weighted by atomic mass is 16.3. The number of hydrogen-bond donors (Lipinski definition) is 2. The molecule has 1 amide bonds. The van der Waals surface area contributed by atoms with Gasteiger partial charge in [-0.25, -0.2) is 0 Å². The number of β-amino-alcohol motifs (C(OH)–C–C–N with tert-alkyl or cyclic N) is 1. The summed E-state index contributed by atoms with van der Waals surface area (Å²) in [7, 11) is 0. The van der Waals surface area contributed by atoms with Gasteiger partial charge in [-0.3, -0.25) is 9.69 Å². The van der Waals surface area contributed by atoms with Gasteiger partial charge in [-0.1, -0.05) is 0 Å². The van der Waals surface area contributed by atoms with Crippen molar-refractivity contribution in [3.8, 4) is 0 Å². The van der Waals surface area contributed by atoms with Gasteiger partial charge >= 0.3 is 0 Å². The zero-order valence-electron chi connectivity index (χ0n) is 9.21. The van der Waals surface area contributed by atoms with Gasteiger partial charge in [0.1, 0.15) is 0 Å². The van der Waals surface area contributed by atoms with E-state index in [4.69, 9.17) is 0 Å². The first kappa shape index (κ1) is 11.5. The molecular formula is C10H20N2O2. The minimum absolute atomic E-state index is 0.0339. The normalized spacial score (nSPS) is 23.9. The molecule has 4 nitrogen and oxygen atoms in total. The molecule has 1 fully saturated rings. The van der Waals surface area contributed by atoms with Gasteiger partial charge in [0.2, 0.25) is 5.91 Å². The number of rotatable bonds is 2. The van der Waals surface area contributed by atoms with E-state index >= 15 is 0 Å². The van der Waals surface area contributed by atoms with Gasteiger partial charge in [0.15, 0.2) is 0 Å². The Balaban J connectivity index is 2.27. The molecule has 0 aromatic carbocycles. The standard InChI is InChI=1S/C10H20N2O2/c1-10(2,3)11-9(14)7-12-5-4-8(13)6-12/h8,13H,4-7H2,1-3H3,(H,11,14)/t8-/m0/s1. The highest BCUT2D eigenvalue weighted by Crippen LogP contribution is 2.08. The third-order valence-electron chi connectivity index (χ3n) is 2.13. The molecule has 0 bridgehead atoms. The Bertz CT molecular complexity index is 211. The molecule has 2 N–H and O–H groups in total. The summed E-state index contributed by atoms with van der Waals surface area (Å²) < 4.78 is 0. The second kappa shape index (κ2) is 4.28. The molecule has 0 aliphatic carbocycles. The van der Waals surface area contributed by atoms with Crippen molar-refractivity contribution in [2.75, 3.05) is 19.6 Å². The molecule has 14 heavy (non-hydrogen) atoms. The van der Waals surface area contributed by atoms with E-state index in [1.54, 1.807) is 0 Å². The molecule has 1 saturated heterocycles. The fraction of sp³-hybridized carbons (Fsp3) is 0.900. The lowest BCUT2D eigenvalue weighted by molar-refractivity contribution is -0.123. The zero-order valence-corrected chi connectivity index (χ0v) is 9.21. The van der Waals surface area contributed by atoms with Gasteiger partial charge < -0.3 is 10.4 Å². The molecule has 0 unspecified atom stereocenters. The van der Waals surface area contributed by atoms with Gasteiger partial charge in [-0.2, -0.15) is 0 Å². The number of carbonyl (C=O) groups excluding carboxylic acids is 1. The van der Waals surface area contributed by atoms with E-state index in [0.29, 0.717) is 13.1 Å². The van der Waals surface area contributed by atoms with Crippen LogP contribution in [-0.2, 0) is 4.79 Å². The van der Waals surface area contributed by atoms with Crippen LogP contribution in [0.4, 0.5) is 0 Å². The lowest BCUT2D eigenvalue weighted by Crippen LogP contribution is -2.45. The highest BCUT2D eigenvalue weighted by molar-refractivity contribution is 5.78. The van der Waals surface area contributed by atoms with Gasteiger partial charge in [0.05, 0.1) is 12.6 Å². The minimum atomic E-state index is -0.252. The van der Waals surface area contributed by atoms with E-state index in [1.807, 2.05) is 25.7 Å². The van der Waals surface area contributed by atoms with E-state index in [2.05, 4.69) is 5.32 Å². The Morgan fingerprint density at radius 1 is 1.57 bits per heavy atom. The van der Waals surface area contributed by atoms with Crippen LogP contribution in [-0.4, -0.2) is 47.2 Å². The lowest BCUT2D eigenvalue weighted by Gasteiger charge is -2.22. The molecule has 1 aliphatic heterocycles. The van der Waals surface area contributed by atoms with Crippen LogP contribution < -0.4 is 5.32 Å². The first-order valence-electron chi connectivity index (χ1n) is 5.08. The third kappa shape index (κ3) is 4.07. The van der Waals surface area contributed by atoms with Crippen molar-refractivity contribution in [3.05, 3.63) is 0 Å². The average Bonchev–Trinajstić information content (AvgIpc) is 2.30. The van der Waals surface area contributed by atoms with Crippen LogP contribution in [0.15, 0.2) is 0 Å². The summed E-state index contributed by atoms with van der Waals surface area (Å²) in [6.07, 6.45) is 0.528. The molecular weight excluding hydrogens is 180 g/mol. The Morgan fingerprint density at radius 2 is 2.21 bits per heavy atom. The number of amides is 1. The van der Waals surface area contributed by atoms with Crippen molar-refractivity contribution in [1.29, 1.82) is 0 Å². The maximum Gasteiger partial charge on any atom is 0.234 e. The molecule has 1 heterocycles. The van der Waals surface area contributed by atoms with Crippen LogP contribution in [0.3, 0.4) is 0 Å². The van der Waals surface area contributed by atoms with E-state index in [-0.39, 0.29) is 17.6 Å². The number of aliphatic hydroxyl groups excluding tert-OH is 1. The highest BCUT2D eigenvalue weighted by Gasteiger charge is 2.23. The summed E-state index contributed by atoms with van der Waals surface area (Å²) in [6, 6.07) is 0.